The molecule has 0 saturated carbocycles. The normalized spacial score (nSPS) is 17.8. The number of carbonyl (C=O) groups is 2. The molecule has 2 aromatic carbocycles. The van der Waals surface area contributed by atoms with Gasteiger partial charge in [-0.2, -0.15) is 0 Å². The zero-order valence-corrected chi connectivity index (χ0v) is 19.7. The van der Waals surface area contributed by atoms with Gasteiger partial charge in [-0.15, -0.1) is 0 Å². The van der Waals surface area contributed by atoms with Gasteiger partial charge in [0.05, 0.1) is 23.9 Å². The highest BCUT2D eigenvalue weighted by Crippen LogP contribution is 2.35. The van der Waals surface area contributed by atoms with Crippen LogP contribution in [0.5, 0.6) is 0 Å². The van der Waals surface area contributed by atoms with E-state index in [9.17, 15) is 9.59 Å². The Morgan fingerprint density at radius 1 is 1.00 bits per heavy atom. The lowest BCUT2D eigenvalue weighted by molar-refractivity contribution is -0.155. The Morgan fingerprint density at radius 3 is 2.47 bits per heavy atom. The Labute approximate surface area is 200 Å². The summed E-state index contributed by atoms with van der Waals surface area (Å²) in [6.07, 6.45) is 5.45. The first-order valence-electron chi connectivity index (χ1n) is 12.3. The third-order valence-electron chi connectivity index (χ3n) is 7.15. The Hall–Kier alpha value is -3.25. The smallest absolute Gasteiger partial charge is 0.338 e. The van der Waals surface area contributed by atoms with Crippen LogP contribution in [-0.2, 0) is 16.0 Å². The number of pyridine rings is 1. The highest BCUT2D eigenvalue weighted by Gasteiger charge is 2.30. The second-order valence-corrected chi connectivity index (χ2v) is 9.26. The van der Waals surface area contributed by atoms with Crippen molar-refractivity contribution in [2.75, 3.05) is 26.7 Å². The van der Waals surface area contributed by atoms with Crippen LogP contribution in [0.25, 0.3) is 22.2 Å². The Balaban J connectivity index is 1.48. The van der Waals surface area contributed by atoms with E-state index in [0.29, 0.717) is 17.9 Å². The maximum absolute atomic E-state index is 13.1. The van der Waals surface area contributed by atoms with Gasteiger partial charge < -0.3 is 4.74 Å². The summed E-state index contributed by atoms with van der Waals surface area (Å²) in [7, 11) is 1.44. The fraction of sp³-hybridized carbons (Fsp3) is 0.393. The van der Waals surface area contributed by atoms with Crippen LogP contribution in [0.1, 0.15) is 48.0 Å². The first-order valence-corrected chi connectivity index (χ1v) is 12.3. The van der Waals surface area contributed by atoms with Gasteiger partial charge in [-0.05, 0) is 49.7 Å². The SMILES string of the molecule is COC(=O)c1c(CC2CCN(N3CCCCC3=O)CC2)c(-c2ccccc2)nc2ccccc12. The monoisotopic (exact) mass is 457 g/mol. The van der Waals surface area contributed by atoms with Crippen molar-refractivity contribution in [3.8, 4) is 11.3 Å². The second kappa shape index (κ2) is 9.94. The molecule has 0 aliphatic carbocycles. The number of hydrogen-bond acceptors (Lipinski definition) is 5. The quantitative estimate of drug-likeness (QED) is 0.512. The lowest BCUT2D eigenvalue weighted by Crippen LogP contribution is -2.51. The van der Waals surface area contributed by atoms with Crippen LogP contribution in [0, 0.1) is 5.92 Å². The van der Waals surface area contributed by atoms with Gasteiger partial charge in [0.25, 0.3) is 0 Å². The number of hydrazine groups is 1. The van der Waals surface area contributed by atoms with Gasteiger partial charge >= 0.3 is 5.97 Å². The van der Waals surface area contributed by atoms with Gasteiger partial charge in [-0.25, -0.2) is 14.8 Å². The summed E-state index contributed by atoms with van der Waals surface area (Å²) in [6.45, 7) is 2.57. The van der Waals surface area contributed by atoms with E-state index in [1.54, 1.807) is 0 Å². The zero-order valence-electron chi connectivity index (χ0n) is 19.7. The summed E-state index contributed by atoms with van der Waals surface area (Å²) in [4.78, 5) is 30.5. The molecule has 0 bridgehead atoms. The Kier molecular flexibility index (Phi) is 6.59. The van der Waals surface area contributed by atoms with E-state index in [0.717, 1.165) is 79.5 Å². The summed E-state index contributed by atoms with van der Waals surface area (Å²) < 4.78 is 5.25. The molecule has 0 spiro atoms. The minimum atomic E-state index is -0.317. The van der Waals surface area contributed by atoms with Gasteiger partial charge in [-0.3, -0.25) is 9.80 Å². The highest BCUT2D eigenvalue weighted by molar-refractivity contribution is 6.06. The van der Waals surface area contributed by atoms with E-state index < -0.39 is 0 Å². The average molecular weight is 458 g/mol. The van der Waals surface area contributed by atoms with Crippen LogP contribution in [0.3, 0.4) is 0 Å². The average Bonchev–Trinajstić information content (AvgIpc) is 2.89. The van der Waals surface area contributed by atoms with Crippen molar-refractivity contribution < 1.29 is 14.3 Å². The van der Waals surface area contributed by atoms with E-state index in [1.807, 2.05) is 59.6 Å². The topological polar surface area (TPSA) is 62.7 Å². The van der Waals surface area contributed by atoms with Crippen LogP contribution < -0.4 is 0 Å². The fourth-order valence-corrected chi connectivity index (χ4v) is 5.36. The summed E-state index contributed by atoms with van der Waals surface area (Å²) in [5.74, 6) is 0.342. The summed E-state index contributed by atoms with van der Waals surface area (Å²) in [5.41, 5.74) is 4.24. The molecule has 2 fully saturated rings. The van der Waals surface area contributed by atoms with Gasteiger partial charge in [0.2, 0.25) is 5.91 Å². The molecule has 0 unspecified atom stereocenters. The molecule has 6 heteroatoms. The summed E-state index contributed by atoms with van der Waals surface area (Å²) >= 11 is 0. The van der Waals surface area contributed by atoms with Crippen molar-refractivity contribution in [3.63, 3.8) is 0 Å². The number of nitrogens with zero attached hydrogens (tertiary/aromatic N) is 3. The van der Waals surface area contributed by atoms with Crippen LogP contribution in [0.15, 0.2) is 54.6 Å². The number of para-hydroxylation sites is 1. The number of rotatable bonds is 5. The minimum Gasteiger partial charge on any atom is -0.465 e. The van der Waals surface area contributed by atoms with Crippen LogP contribution in [-0.4, -0.2) is 53.6 Å². The van der Waals surface area contributed by atoms with Crippen LogP contribution in [0.4, 0.5) is 0 Å². The molecule has 3 heterocycles. The molecular formula is C28H31N3O3. The molecule has 5 rings (SSSR count). The number of amides is 1. The first-order chi connectivity index (χ1) is 16.7. The van der Waals surface area contributed by atoms with E-state index in [4.69, 9.17) is 9.72 Å². The number of piperidine rings is 2. The molecule has 0 radical (unpaired) electrons. The molecule has 2 saturated heterocycles. The molecule has 1 aromatic heterocycles. The standard InChI is InChI=1S/C28H31N3O3/c1-34-28(33)26-22-11-5-6-12-24(22)29-27(21-9-3-2-4-10-21)23(26)19-20-14-17-30(18-15-20)31-16-8-7-13-25(31)32/h2-6,9-12,20H,7-8,13-19H2,1H3. The molecule has 176 valence electrons. The molecule has 1 amide bonds. The number of fused-ring (bicyclic) bond motifs is 1. The summed E-state index contributed by atoms with van der Waals surface area (Å²) in [5, 5.41) is 5.03. The van der Waals surface area contributed by atoms with Gasteiger partial charge in [-0.1, -0.05) is 48.5 Å². The number of hydrogen-bond donors (Lipinski definition) is 0. The Morgan fingerprint density at radius 2 is 1.74 bits per heavy atom. The molecule has 34 heavy (non-hydrogen) atoms. The number of aromatic nitrogens is 1. The largest absolute Gasteiger partial charge is 0.465 e. The van der Waals surface area contributed by atoms with Gasteiger partial charge in [0, 0.05) is 37.0 Å². The third kappa shape index (κ3) is 4.42. The molecule has 0 N–H and O–H groups in total. The van der Waals surface area contributed by atoms with Gasteiger partial charge in [0.1, 0.15) is 0 Å². The third-order valence-corrected chi connectivity index (χ3v) is 7.15. The highest BCUT2D eigenvalue weighted by atomic mass is 16.5. The molecular weight excluding hydrogens is 426 g/mol. The second-order valence-electron chi connectivity index (χ2n) is 9.26. The fourth-order valence-electron chi connectivity index (χ4n) is 5.36. The van der Waals surface area contributed by atoms with Crippen molar-refractivity contribution in [1.29, 1.82) is 0 Å². The number of ether oxygens (including phenoxy) is 1. The molecule has 2 aliphatic heterocycles. The molecule has 2 aliphatic rings. The maximum atomic E-state index is 13.1. The molecule has 0 atom stereocenters. The number of esters is 1. The zero-order chi connectivity index (χ0) is 23.5. The maximum Gasteiger partial charge on any atom is 0.338 e. The van der Waals surface area contributed by atoms with Crippen molar-refractivity contribution >= 4 is 22.8 Å². The lowest BCUT2D eigenvalue weighted by atomic mass is 9.85. The van der Waals surface area contributed by atoms with Crippen molar-refractivity contribution in [2.24, 2.45) is 5.92 Å². The first kappa shape index (κ1) is 22.5. The van der Waals surface area contributed by atoms with Crippen LogP contribution >= 0.6 is 0 Å². The van der Waals surface area contributed by atoms with Crippen molar-refractivity contribution in [2.45, 2.75) is 38.5 Å². The summed E-state index contributed by atoms with van der Waals surface area (Å²) in [6, 6.07) is 17.9. The van der Waals surface area contributed by atoms with E-state index in [2.05, 4.69) is 5.01 Å². The molecule has 3 aromatic rings. The van der Waals surface area contributed by atoms with E-state index in [1.165, 1.54) is 7.11 Å². The van der Waals surface area contributed by atoms with Crippen molar-refractivity contribution in [1.82, 2.24) is 15.0 Å². The minimum absolute atomic E-state index is 0.253. The Bertz CT molecular complexity index is 1190. The van der Waals surface area contributed by atoms with Gasteiger partial charge in [0.15, 0.2) is 0 Å². The van der Waals surface area contributed by atoms with Crippen molar-refractivity contribution in [3.05, 3.63) is 65.7 Å². The number of methoxy groups -OCH3 is 1. The molecule has 6 nitrogen and oxygen atoms in total. The predicted molar refractivity (Wildman–Crippen MR) is 132 cm³/mol. The number of benzene rings is 2. The lowest BCUT2D eigenvalue weighted by Gasteiger charge is -2.41. The predicted octanol–water partition coefficient (Wildman–Crippen LogP) is 4.87. The van der Waals surface area contributed by atoms with E-state index >= 15 is 0 Å². The number of carbonyl (C=O) groups excluding carboxylic acids is 2. The van der Waals surface area contributed by atoms with Crippen LogP contribution in [0.2, 0.25) is 0 Å². The van der Waals surface area contributed by atoms with E-state index in [-0.39, 0.29) is 11.9 Å².